The van der Waals surface area contributed by atoms with Crippen LogP contribution in [0.25, 0.3) is 22.4 Å². The van der Waals surface area contributed by atoms with Gasteiger partial charge in [0.05, 0.1) is 36.5 Å². The van der Waals surface area contributed by atoms with Gasteiger partial charge in [-0.05, 0) is 36.8 Å². The number of amides is 1. The zero-order valence-corrected chi connectivity index (χ0v) is 19.1. The lowest BCUT2D eigenvalue weighted by molar-refractivity contribution is -0.124. The Morgan fingerprint density at radius 3 is 2.50 bits per heavy atom. The van der Waals surface area contributed by atoms with E-state index in [1.54, 1.807) is 43.3 Å². The Morgan fingerprint density at radius 2 is 1.79 bits per heavy atom. The van der Waals surface area contributed by atoms with E-state index in [9.17, 15) is 9.59 Å². The lowest BCUT2D eigenvalue weighted by atomic mass is 10.2. The molecule has 4 aromatic rings. The number of carbonyl (C=O) groups excluding carboxylic acids is 2. The van der Waals surface area contributed by atoms with Gasteiger partial charge >= 0.3 is 5.97 Å². The van der Waals surface area contributed by atoms with Crippen molar-refractivity contribution in [3.63, 3.8) is 0 Å². The van der Waals surface area contributed by atoms with Crippen molar-refractivity contribution in [3.05, 3.63) is 72.3 Å². The van der Waals surface area contributed by atoms with E-state index in [2.05, 4.69) is 15.3 Å². The number of imidazole rings is 1. The van der Waals surface area contributed by atoms with Crippen LogP contribution in [-0.4, -0.2) is 42.2 Å². The first-order chi connectivity index (χ1) is 16.5. The van der Waals surface area contributed by atoms with Crippen LogP contribution in [0.4, 0.5) is 5.69 Å². The van der Waals surface area contributed by atoms with Crippen molar-refractivity contribution in [3.8, 4) is 22.9 Å². The fraction of sp³-hybridized carbons (Fsp3) is 0.192. The number of carbonyl (C=O) groups is 2. The first-order valence-corrected chi connectivity index (χ1v) is 10.8. The molecule has 0 saturated carbocycles. The molecule has 0 bridgehead atoms. The van der Waals surface area contributed by atoms with E-state index in [-0.39, 0.29) is 0 Å². The summed E-state index contributed by atoms with van der Waals surface area (Å²) in [6.45, 7) is 1.77. The fourth-order valence-corrected chi connectivity index (χ4v) is 3.51. The molecule has 0 saturated heterocycles. The minimum absolute atomic E-state index is 0.300. The quantitative estimate of drug-likeness (QED) is 0.366. The highest BCUT2D eigenvalue weighted by molar-refractivity contribution is 5.99. The zero-order chi connectivity index (χ0) is 24.1. The third-order valence-corrected chi connectivity index (χ3v) is 5.34. The number of hydrogen-bond donors (Lipinski definition) is 2. The average Bonchev–Trinajstić information content (AvgIpc) is 3.31. The summed E-state index contributed by atoms with van der Waals surface area (Å²) < 4.78 is 16.0. The second-order valence-corrected chi connectivity index (χ2v) is 7.54. The van der Waals surface area contributed by atoms with Gasteiger partial charge in [-0.15, -0.1) is 0 Å². The van der Waals surface area contributed by atoms with Gasteiger partial charge in [0, 0.05) is 11.6 Å². The van der Waals surface area contributed by atoms with E-state index < -0.39 is 18.0 Å². The van der Waals surface area contributed by atoms with E-state index in [1.165, 1.54) is 14.2 Å². The molecule has 4 rings (SSSR count). The van der Waals surface area contributed by atoms with Gasteiger partial charge in [-0.25, -0.2) is 9.78 Å². The second-order valence-electron chi connectivity index (χ2n) is 7.54. The molecule has 174 valence electrons. The van der Waals surface area contributed by atoms with Crippen LogP contribution >= 0.6 is 0 Å². The van der Waals surface area contributed by atoms with E-state index in [0.29, 0.717) is 40.5 Å². The third-order valence-electron chi connectivity index (χ3n) is 5.34. The summed E-state index contributed by atoms with van der Waals surface area (Å²) in [5, 5.41) is 2.76. The Balaban J connectivity index is 1.50. The molecule has 2 N–H and O–H groups in total. The summed E-state index contributed by atoms with van der Waals surface area (Å²) in [6.07, 6.45) is -0.686. The fourth-order valence-electron chi connectivity index (χ4n) is 3.51. The SMILES string of the molecule is CCC(OC(=O)c1ccc2nc(-c3ccccc3)[nH]c2c1)C(=O)Nc1cc(OC)ccc1OC. The molecule has 3 aromatic carbocycles. The van der Waals surface area contributed by atoms with E-state index in [4.69, 9.17) is 14.2 Å². The van der Waals surface area contributed by atoms with Crippen LogP contribution in [-0.2, 0) is 9.53 Å². The van der Waals surface area contributed by atoms with Crippen LogP contribution in [0.15, 0.2) is 66.7 Å². The molecule has 34 heavy (non-hydrogen) atoms. The number of hydrogen-bond acceptors (Lipinski definition) is 6. The van der Waals surface area contributed by atoms with Gasteiger partial charge in [0.2, 0.25) is 0 Å². The summed E-state index contributed by atoms with van der Waals surface area (Å²) in [5.41, 5.74) is 3.12. The lowest BCUT2D eigenvalue weighted by Gasteiger charge is -2.17. The summed E-state index contributed by atoms with van der Waals surface area (Å²) in [4.78, 5) is 33.5. The van der Waals surface area contributed by atoms with Crippen LogP contribution in [0.2, 0.25) is 0 Å². The smallest absolute Gasteiger partial charge is 0.338 e. The van der Waals surface area contributed by atoms with Crippen molar-refractivity contribution < 1.29 is 23.8 Å². The highest BCUT2D eigenvalue weighted by Crippen LogP contribution is 2.29. The standard InChI is InChI=1S/C26H25N3O5/c1-4-22(25(30)29-21-15-18(32-2)11-13-23(21)33-3)34-26(31)17-10-12-19-20(14-17)28-24(27-19)16-8-6-5-7-9-16/h5-15,22H,4H2,1-3H3,(H,27,28)(H,29,30). The van der Waals surface area contributed by atoms with Gasteiger partial charge in [0.25, 0.3) is 5.91 Å². The van der Waals surface area contributed by atoms with Gasteiger partial charge in [-0.2, -0.15) is 0 Å². The van der Waals surface area contributed by atoms with E-state index in [0.717, 1.165) is 11.1 Å². The molecule has 1 amide bonds. The number of aromatic amines is 1. The molecule has 8 nitrogen and oxygen atoms in total. The zero-order valence-electron chi connectivity index (χ0n) is 19.1. The molecule has 0 aliphatic rings. The molecule has 0 spiro atoms. The summed E-state index contributed by atoms with van der Waals surface area (Å²) in [7, 11) is 3.03. The van der Waals surface area contributed by atoms with Crippen LogP contribution in [0.5, 0.6) is 11.5 Å². The lowest BCUT2D eigenvalue weighted by Crippen LogP contribution is -2.32. The van der Waals surface area contributed by atoms with Gasteiger partial charge in [-0.1, -0.05) is 37.3 Å². The summed E-state index contributed by atoms with van der Waals surface area (Å²) in [6, 6.07) is 19.8. The van der Waals surface area contributed by atoms with Gasteiger partial charge in [0.15, 0.2) is 6.10 Å². The molecule has 1 heterocycles. The van der Waals surface area contributed by atoms with Crippen molar-refractivity contribution in [1.29, 1.82) is 0 Å². The first-order valence-electron chi connectivity index (χ1n) is 10.8. The molecule has 0 radical (unpaired) electrons. The maximum absolute atomic E-state index is 12.8. The number of esters is 1. The molecule has 1 atom stereocenters. The molecule has 0 aliphatic heterocycles. The van der Waals surface area contributed by atoms with E-state index >= 15 is 0 Å². The van der Waals surface area contributed by atoms with Crippen LogP contribution in [0, 0.1) is 0 Å². The van der Waals surface area contributed by atoms with Crippen molar-refractivity contribution in [2.75, 3.05) is 19.5 Å². The predicted molar refractivity (Wildman–Crippen MR) is 129 cm³/mol. The topological polar surface area (TPSA) is 103 Å². The molecule has 0 fully saturated rings. The normalized spacial score (nSPS) is 11.6. The third kappa shape index (κ3) is 4.85. The number of benzene rings is 3. The highest BCUT2D eigenvalue weighted by Gasteiger charge is 2.23. The molecule has 8 heteroatoms. The van der Waals surface area contributed by atoms with Crippen LogP contribution in [0.3, 0.4) is 0 Å². The van der Waals surface area contributed by atoms with Crippen molar-refractivity contribution in [2.24, 2.45) is 0 Å². The Labute approximate surface area is 196 Å². The Bertz CT molecular complexity index is 1320. The Morgan fingerprint density at radius 1 is 1.00 bits per heavy atom. The van der Waals surface area contributed by atoms with Crippen LogP contribution < -0.4 is 14.8 Å². The minimum Gasteiger partial charge on any atom is -0.497 e. The maximum Gasteiger partial charge on any atom is 0.338 e. The van der Waals surface area contributed by atoms with Crippen molar-refractivity contribution in [2.45, 2.75) is 19.4 Å². The minimum atomic E-state index is -0.985. The first kappa shape index (κ1) is 22.8. The molecular formula is C26H25N3O5. The average molecular weight is 460 g/mol. The number of methoxy groups -OCH3 is 2. The second kappa shape index (κ2) is 10.1. The Kier molecular flexibility index (Phi) is 6.77. The molecule has 1 unspecified atom stereocenters. The summed E-state index contributed by atoms with van der Waals surface area (Å²) in [5.74, 6) is 0.672. The monoisotopic (exact) mass is 459 g/mol. The predicted octanol–water partition coefficient (Wildman–Crippen LogP) is 4.82. The maximum atomic E-state index is 12.8. The van der Waals surface area contributed by atoms with E-state index in [1.807, 2.05) is 30.3 Å². The molecule has 1 aromatic heterocycles. The van der Waals surface area contributed by atoms with Gasteiger partial charge < -0.3 is 24.5 Å². The van der Waals surface area contributed by atoms with Crippen molar-refractivity contribution in [1.82, 2.24) is 9.97 Å². The number of H-pyrrole nitrogens is 1. The number of aromatic nitrogens is 2. The Hall–Kier alpha value is -4.33. The number of nitrogens with one attached hydrogen (secondary N) is 2. The van der Waals surface area contributed by atoms with Crippen molar-refractivity contribution >= 4 is 28.6 Å². The number of ether oxygens (including phenoxy) is 3. The number of anilines is 1. The highest BCUT2D eigenvalue weighted by atomic mass is 16.5. The van der Waals surface area contributed by atoms with Gasteiger partial charge in [0.1, 0.15) is 17.3 Å². The number of nitrogens with zero attached hydrogens (tertiary/aromatic N) is 1. The molecule has 0 aliphatic carbocycles. The number of rotatable bonds is 8. The largest absolute Gasteiger partial charge is 0.497 e. The van der Waals surface area contributed by atoms with Gasteiger partial charge in [-0.3, -0.25) is 4.79 Å². The van der Waals surface area contributed by atoms with Crippen LogP contribution in [0.1, 0.15) is 23.7 Å². The number of fused-ring (bicyclic) bond motifs is 1. The summed E-state index contributed by atoms with van der Waals surface area (Å²) >= 11 is 0. The molecular weight excluding hydrogens is 434 g/mol.